The van der Waals surface area contributed by atoms with Crippen LogP contribution in [0.2, 0.25) is 0 Å². The van der Waals surface area contributed by atoms with Crippen molar-refractivity contribution in [1.82, 2.24) is 0 Å². The summed E-state index contributed by atoms with van der Waals surface area (Å²) in [6, 6.07) is 0. The molecular formula is C6H13O5P. The van der Waals surface area contributed by atoms with E-state index in [-0.39, 0.29) is 19.4 Å². The fourth-order valence-electron chi connectivity index (χ4n) is 0.634. The first-order chi connectivity index (χ1) is 5.57. The topological polar surface area (TPSA) is 83.8 Å². The quantitative estimate of drug-likeness (QED) is 0.462. The highest BCUT2D eigenvalue weighted by atomic mass is 31.1. The molecule has 72 valence electrons. The van der Waals surface area contributed by atoms with Gasteiger partial charge in [-0.3, -0.25) is 9.36 Å². The second kappa shape index (κ2) is 6.17. The van der Waals surface area contributed by atoms with Crippen molar-refractivity contribution >= 4 is 14.0 Å². The van der Waals surface area contributed by atoms with Crippen molar-refractivity contribution in [3.63, 3.8) is 0 Å². The van der Waals surface area contributed by atoms with Crippen molar-refractivity contribution in [2.75, 3.05) is 19.4 Å². The molecule has 0 rings (SSSR count). The fourth-order valence-corrected chi connectivity index (χ4v) is 1.32. The Hall–Kier alpha value is -0.380. The van der Waals surface area contributed by atoms with E-state index in [1.165, 1.54) is 6.92 Å². The van der Waals surface area contributed by atoms with Crippen molar-refractivity contribution in [3.05, 3.63) is 0 Å². The Labute approximate surface area is 71.2 Å². The first-order valence-corrected chi connectivity index (χ1v) is 5.13. The van der Waals surface area contributed by atoms with E-state index in [0.717, 1.165) is 0 Å². The summed E-state index contributed by atoms with van der Waals surface area (Å²) in [7, 11) is -2.62. The molecule has 0 aromatic heterocycles. The fraction of sp³-hybridized carbons (Fsp3) is 0.833. The van der Waals surface area contributed by atoms with Gasteiger partial charge in [0.25, 0.3) is 0 Å². The molecule has 0 heterocycles. The smallest absolute Gasteiger partial charge is 0.309 e. The Morgan fingerprint density at radius 2 is 2.25 bits per heavy atom. The van der Waals surface area contributed by atoms with Crippen LogP contribution in [0.3, 0.4) is 0 Å². The molecule has 0 aromatic rings. The van der Waals surface area contributed by atoms with Crippen LogP contribution in [0.25, 0.3) is 0 Å². The third kappa shape index (κ3) is 5.29. The zero-order valence-corrected chi connectivity index (χ0v) is 7.82. The first-order valence-electron chi connectivity index (χ1n) is 3.57. The molecule has 2 unspecified atom stereocenters. The predicted molar refractivity (Wildman–Crippen MR) is 43.3 cm³/mol. The summed E-state index contributed by atoms with van der Waals surface area (Å²) in [5.74, 6) is -1.12. The highest BCUT2D eigenvalue weighted by Gasteiger charge is 2.15. The number of esters is 1. The summed E-state index contributed by atoms with van der Waals surface area (Å²) >= 11 is 0. The van der Waals surface area contributed by atoms with E-state index in [4.69, 9.17) is 10.00 Å². The number of aliphatic hydroxyl groups is 1. The Morgan fingerprint density at radius 1 is 1.67 bits per heavy atom. The van der Waals surface area contributed by atoms with E-state index in [1.54, 1.807) is 0 Å². The summed E-state index contributed by atoms with van der Waals surface area (Å²) in [4.78, 5) is 19.4. The molecule has 0 saturated heterocycles. The van der Waals surface area contributed by atoms with Crippen LogP contribution in [0.5, 0.6) is 0 Å². The minimum absolute atomic E-state index is 0.0600. The van der Waals surface area contributed by atoms with Crippen molar-refractivity contribution < 1.29 is 24.1 Å². The molecule has 0 aliphatic rings. The van der Waals surface area contributed by atoms with Crippen molar-refractivity contribution in [2.24, 2.45) is 5.92 Å². The molecular weight excluding hydrogens is 183 g/mol. The number of ether oxygens (including phenoxy) is 1. The number of hydrogen-bond acceptors (Lipinski definition) is 4. The van der Waals surface area contributed by atoms with Crippen LogP contribution >= 0.6 is 8.03 Å². The van der Waals surface area contributed by atoms with Gasteiger partial charge in [-0.05, 0) is 0 Å². The van der Waals surface area contributed by atoms with Crippen LogP contribution in [0.1, 0.15) is 6.92 Å². The van der Waals surface area contributed by atoms with Gasteiger partial charge in [-0.25, -0.2) is 0 Å². The molecule has 0 bridgehead atoms. The van der Waals surface area contributed by atoms with Crippen molar-refractivity contribution in [3.8, 4) is 0 Å². The van der Waals surface area contributed by atoms with Gasteiger partial charge in [0.15, 0.2) is 8.03 Å². The summed E-state index contributed by atoms with van der Waals surface area (Å²) in [6.45, 7) is 1.22. The zero-order valence-electron chi connectivity index (χ0n) is 6.82. The summed E-state index contributed by atoms with van der Waals surface area (Å²) < 4.78 is 14.8. The Bertz CT molecular complexity index is 169. The molecule has 0 saturated carbocycles. The second-order valence-electron chi connectivity index (χ2n) is 2.39. The molecule has 0 spiro atoms. The average Bonchev–Trinajstić information content (AvgIpc) is 1.98. The monoisotopic (exact) mass is 196 g/mol. The van der Waals surface area contributed by atoms with Crippen LogP contribution < -0.4 is 0 Å². The van der Waals surface area contributed by atoms with Crippen LogP contribution in [0.15, 0.2) is 0 Å². The summed E-state index contributed by atoms with van der Waals surface area (Å²) in [5.41, 5.74) is 0. The highest BCUT2D eigenvalue weighted by molar-refractivity contribution is 7.38. The Kier molecular flexibility index (Phi) is 5.98. The first kappa shape index (κ1) is 11.6. The molecule has 6 heteroatoms. The third-order valence-electron chi connectivity index (χ3n) is 1.22. The molecule has 5 nitrogen and oxygen atoms in total. The molecule has 0 aliphatic heterocycles. The normalized spacial score (nSPS) is 15.2. The zero-order chi connectivity index (χ0) is 9.56. The largest absolute Gasteiger partial charge is 0.463 e. The van der Waals surface area contributed by atoms with Gasteiger partial charge in [-0.2, -0.15) is 0 Å². The summed E-state index contributed by atoms with van der Waals surface area (Å²) in [6.07, 6.45) is -0.0606. The lowest BCUT2D eigenvalue weighted by Crippen LogP contribution is -2.18. The predicted octanol–water partition coefficient (Wildman–Crippen LogP) is -0.375. The Balaban J connectivity index is 3.69. The molecule has 12 heavy (non-hydrogen) atoms. The lowest BCUT2D eigenvalue weighted by Gasteiger charge is -2.07. The van der Waals surface area contributed by atoms with E-state index in [0.29, 0.717) is 0 Å². The maximum atomic E-state index is 10.9. The van der Waals surface area contributed by atoms with Gasteiger partial charge in [0.1, 0.15) is 6.61 Å². The van der Waals surface area contributed by atoms with Crippen LogP contribution in [-0.4, -0.2) is 35.3 Å². The second-order valence-corrected chi connectivity index (χ2v) is 3.59. The van der Waals surface area contributed by atoms with Crippen molar-refractivity contribution in [2.45, 2.75) is 6.92 Å². The summed E-state index contributed by atoms with van der Waals surface area (Å²) in [5, 5.41) is 8.30. The van der Waals surface area contributed by atoms with E-state index >= 15 is 0 Å². The van der Waals surface area contributed by atoms with Gasteiger partial charge < -0.3 is 14.7 Å². The lowest BCUT2D eigenvalue weighted by atomic mass is 10.2. The average molecular weight is 196 g/mol. The van der Waals surface area contributed by atoms with Crippen LogP contribution in [0.4, 0.5) is 0 Å². The van der Waals surface area contributed by atoms with Crippen molar-refractivity contribution in [1.29, 1.82) is 0 Å². The van der Waals surface area contributed by atoms with E-state index in [2.05, 4.69) is 4.74 Å². The highest BCUT2D eigenvalue weighted by Crippen LogP contribution is 2.18. The maximum Gasteiger partial charge on any atom is 0.309 e. The minimum Gasteiger partial charge on any atom is -0.463 e. The lowest BCUT2D eigenvalue weighted by molar-refractivity contribution is -0.148. The van der Waals surface area contributed by atoms with E-state index < -0.39 is 19.9 Å². The molecule has 0 amide bonds. The SMILES string of the molecule is CC(C[PH](=O)O)C(=O)OCCO. The van der Waals surface area contributed by atoms with Gasteiger partial charge >= 0.3 is 5.97 Å². The molecule has 2 N–H and O–H groups in total. The number of aliphatic hydroxyl groups excluding tert-OH is 1. The van der Waals surface area contributed by atoms with E-state index in [1.807, 2.05) is 0 Å². The Morgan fingerprint density at radius 3 is 2.67 bits per heavy atom. The van der Waals surface area contributed by atoms with Gasteiger partial charge in [0.05, 0.1) is 12.5 Å². The number of carbonyl (C=O) groups is 1. The maximum absolute atomic E-state index is 10.9. The van der Waals surface area contributed by atoms with Gasteiger partial charge in [-0.15, -0.1) is 0 Å². The van der Waals surface area contributed by atoms with Gasteiger partial charge in [-0.1, -0.05) is 6.92 Å². The number of hydrogen-bond donors (Lipinski definition) is 2. The van der Waals surface area contributed by atoms with Gasteiger partial charge in [0.2, 0.25) is 0 Å². The molecule has 0 radical (unpaired) electrons. The van der Waals surface area contributed by atoms with Crippen LogP contribution in [-0.2, 0) is 14.1 Å². The van der Waals surface area contributed by atoms with Gasteiger partial charge in [0, 0.05) is 6.16 Å². The standard InChI is InChI=1S/C6H13O5P/c1-5(4-12(9)10)6(8)11-3-2-7/h5,7,12H,2-4H2,1H3,(H,9,10). The molecule has 0 fully saturated rings. The third-order valence-corrected chi connectivity index (χ3v) is 2.18. The minimum atomic E-state index is -2.62. The number of carbonyl (C=O) groups excluding carboxylic acids is 1. The molecule has 0 aliphatic carbocycles. The molecule has 2 atom stereocenters. The molecule has 0 aromatic carbocycles. The van der Waals surface area contributed by atoms with Crippen LogP contribution in [0, 0.1) is 5.92 Å². The number of rotatable bonds is 5. The van der Waals surface area contributed by atoms with E-state index in [9.17, 15) is 9.36 Å².